The lowest BCUT2D eigenvalue weighted by atomic mass is 9.99. The minimum atomic E-state index is -5.11. The molecule has 0 radical (unpaired) electrons. The molecule has 1 amide bonds. The van der Waals surface area contributed by atoms with Crippen molar-refractivity contribution in [2.24, 2.45) is 0 Å². The summed E-state index contributed by atoms with van der Waals surface area (Å²) in [5.41, 5.74) is 0. The number of ether oxygens (including phenoxy) is 2. The molecule has 13 nitrogen and oxygen atoms in total. The molecule has 376 valence electrons. The summed E-state index contributed by atoms with van der Waals surface area (Å²) in [4.78, 5) is 13.2. The van der Waals surface area contributed by atoms with Crippen LogP contribution in [0.3, 0.4) is 0 Å². The van der Waals surface area contributed by atoms with Gasteiger partial charge in [-0.2, -0.15) is 8.42 Å². The Morgan fingerprint density at radius 2 is 0.921 bits per heavy atom. The number of aliphatic hydroxyl groups excluding tert-OH is 5. The molecule has 0 aromatic carbocycles. The highest BCUT2D eigenvalue weighted by Gasteiger charge is 2.48. The van der Waals surface area contributed by atoms with Crippen molar-refractivity contribution < 1.29 is 57.0 Å². The number of amides is 1. The first-order valence-electron chi connectivity index (χ1n) is 26.0. The number of carbonyl (C=O) groups is 1. The third kappa shape index (κ3) is 32.4. The van der Waals surface area contributed by atoms with Crippen molar-refractivity contribution in [3.63, 3.8) is 0 Å². The van der Waals surface area contributed by atoms with Crippen molar-refractivity contribution in [3.8, 4) is 0 Å². The van der Waals surface area contributed by atoms with Gasteiger partial charge in [-0.05, 0) is 12.8 Å². The summed E-state index contributed by atoms with van der Waals surface area (Å²) in [6, 6.07) is -1.03. The summed E-state index contributed by atoms with van der Waals surface area (Å²) in [6.45, 7) is 3.30. The van der Waals surface area contributed by atoms with Crippen LogP contribution >= 0.6 is 0 Å². The van der Waals surface area contributed by atoms with E-state index in [1.165, 1.54) is 167 Å². The molecule has 0 bridgehead atoms. The maximum absolute atomic E-state index is 13.2. The highest BCUT2D eigenvalue weighted by molar-refractivity contribution is 7.80. The minimum Gasteiger partial charge on any atom is -0.394 e. The first-order chi connectivity index (χ1) is 30.4. The zero-order valence-electron chi connectivity index (χ0n) is 40.0. The Morgan fingerprint density at radius 3 is 1.27 bits per heavy atom. The van der Waals surface area contributed by atoms with Crippen LogP contribution in [0.15, 0.2) is 0 Å². The minimum absolute atomic E-state index is 0.266. The van der Waals surface area contributed by atoms with E-state index in [4.69, 9.17) is 9.47 Å². The van der Waals surface area contributed by atoms with Gasteiger partial charge >= 0.3 is 10.4 Å². The number of hydrogen-bond donors (Lipinski definition) is 7. The molecule has 63 heavy (non-hydrogen) atoms. The molecular formula is C49H97NO12S. The predicted molar refractivity (Wildman–Crippen MR) is 252 cm³/mol. The fourth-order valence-corrected chi connectivity index (χ4v) is 9.15. The molecule has 0 aromatic heterocycles. The molecule has 1 rings (SSSR count). The molecular weight excluding hydrogens is 827 g/mol. The number of nitrogens with one attached hydrogen (secondary N) is 1. The number of aliphatic hydroxyl groups is 5. The topological polar surface area (TPSA) is 212 Å². The monoisotopic (exact) mass is 924 g/mol. The van der Waals surface area contributed by atoms with Crippen LogP contribution < -0.4 is 5.32 Å². The number of rotatable bonds is 45. The van der Waals surface area contributed by atoms with Crippen LogP contribution in [-0.2, 0) is 28.9 Å². The second-order valence-corrected chi connectivity index (χ2v) is 19.7. The highest BCUT2D eigenvalue weighted by atomic mass is 32.3. The number of unbranched alkanes of at least 4 members (excludes halogenated alkanes) is 32. The molecule has 1 aliphatic heterocycles. The summed E-state index contributed by atoms with van der Waals surface area (Å²) < 4.78 is 47.7. The summed E-state index contributed by atoms with van der Waals surface area (Å²) in [7, 11) is -5.11. The van der Waals surface area contributed by atoms with Crippen LogP contribution in [0.1, 0.15) is 245 Å². The molecule has 0 aromatic rings. The average molecular weight is 924 g/mol. The van der Waals surface area contributed by atoms with Gasteiger partial charge in [-0.25, -0.2) is 4.18 Å². The van der Waals surface area contributed by atoms with E-state index in [2.05, 4.69) is 23.3 Å². The first-order valence-corrected chi connectivity index (χ1v) is 27.4. The molecule has 0 aliphatic carbocycles. The molecule has 1 saturated heterocycles. The smallest absolute Gasteiger partial charge is 0.394 e. The molecule has 8 atom stereocenters. The highest BCUT2D eigenvalue weighted by Crippen LogP contribution is 2.26. The van der Waals surface area contributed by atoms with Gasteiger partial charge < -0.3 is 40.3 Å². The first kappa shape index (κ1) is 60.1. The second kappa shape index (κ2) is 40.2. The Kier molecular flexibility index (Phi) is 38.3. The Morgan fingerprint density at radius 1 is 0.571 bits per heavy atom. The summed E-state index contributed by atoms with van der Waals surface area (Å²) in [5.74, 6) is -0.664. The van der Waals surface area contributed by atoms with E-state index in [0.29, 0.717) is 19.3 Å². The van der Waals surface area contributed by atoms with E-state index in [1.54, 1.807) is 0 Å². The van der Waals surface area contributed by atoms with Gasteiger partial charge in [0.05, 0.1) is 25.4 Å². The van der Waals surface area contributed by atoms with E-state index < -0.39 is 78.5 Å². The van der Waals surface area contributed by atoms with Crippen molar-refractivity contribution in [3.05, 3.63) is 0 Å². The average Bonchev–Trinajstić information content (AvgIpc) is 3.25. The third-order valence-electron chi connectivity index (χ3n) is 12.8. The third-order valence-corrected chi connectivity index (χ3v) is 13.2. The second-order valence-electron chi connectivity index (χ2n) is 18.6. The van der Waals surface area contributed by atoms with E-state index >= 15 is 0 Å². The van der Waals surface area contributed by atoms with Crippen LogP contribution in [0.4, 0.5) is 0 Å². The Hall–Kier alpha value is -0.940. The molecule has 0 spiro atoms. The summed E-state index contributed by atoms with van der Waals surface area (Å²) in [6.07, 6.45) is 31.4. The zero-order chi connectivity index (χ0) is 46.4. The Balaban J connectivity index is 2.43. The Bertz CT molecular complexity index is 1150. The van der Waals surface area contributed by atoms with Crippen LogP contribution in [0.2, 0.25) is 0 Å². The zero-order valence-corrected chi connectivity index (χ0v) is 40.8. The van der Waals surface area contributed by atoms with Crippen LogP contribution in [-0.4, -0.2) is 107 Å². The van der Waals surface area contributed by atoms with Gasteiger partial charge in [-0.15, -0.1) is 0 Å². The van der Waals surface area contributed by atoms with Gasteiger partial charge in [0.2, 0.25) is 5.91 Å². The van der Waals surface area contributed by atoms with Crippen molar-refractivity contribution in [1.82, 2.24) is 5.32 Å². The normalized spacial score (nSPS) is 20.8. The van der Waals surface area contributed by atoms with Gasteiger partial charge in [0.25, 0.3) is 0 Å². The maximum atomic E-state index is 13.2. The quantitative estimate of drug-likeness (QED) is 0.0225. The lowest BCUT2D eigenvalue weighted by Crippen LogP contribution is -2.61. The van der Waals surface area contributed by atoms with Gasteiger partial charge in [-0.1, -0.05) is 232 Å². The Labute approximate surface area is 384 Å². The molecule has 7 N–H and O–H groups in total. The van der Waals surface area contributed by atoms with Gasteiger partial charge in [0, 0.05) is 0 Å². The largest absolute Gasteiger partial charge is 0.397 e. The van der Waals surface area contributed by atoms with Crippen LogP contribution in [0.25, 0.3) is 0 Å². The van der Waals surface area contributed by atoms with E-state index in [-0.39, 0.29) is 6.42 Å². The molecule has 8 unspecified atom stereocenters. The number of carbonyl (C=O) groups excluding carboxylic acids is 1. The van der Waals surface area contributed by atoms with E-state index in [1.807, 2.05) is 0 Å². The standard InChI is InChI=1S/C49H97NO12S/c1-3-5-7-9-11-13-15-17-18-19-20-21-22-23-24-26-28-30-32-34-36-38-43(53)48(56)50-41(42(52)37-35-33-31-29-27-25-16-14-12-10-8-6-4-2)40-60-49-46(55)47(62-63(57,58)59)45(54)44(39-51)61-49/h41-47,49,51-55H,3-40H2,1-2H3,(H,50,56)(H,57,58,59). The van der Waals surface area contributed by atoms with E-state index in [0.717, 1.165) is 38.5 Å². The van der Waals surface area contributed by atoms with Crippen molar-refractivity contribution in [2.75, 3.05) is 13.2 Å². The van der Waals surface area contributed by atoms with Crippen LogP contribution in [0, 0.1) is 0 Å². The summed E-state index contributed by atoms with van der Waals surface area (Å²) in [5, 5.41) is 55.5. The lowest BCUT2D eigenvalue weighted by molar-refractivity contribution is -0.298. The molecule has 0 saturated carbocycles. The van der Waals surface area contributed by atoms with Crippen molar-refractivity contribution in [2.45, 2.75) is 294 Å². The van der Waals surface area contributed by atoms with Crippen molar-refractivity contribution in [1.29, 1.82) is 0 Å². The SMILES string of the molecule is CCCCCCCCCCCCCCCCCCCCCCCC(O)C(=O)NC(COC1OC(CO)C(O)C(OS(=O)(=O)O)C1O)C(O)CCCCCCCCCCCCCCC. The lowest BCUT2D eigenvalue weighted by Gasteiger charge is -2.41. The van der Waals surface area contributed by atoms with Gasteiger partial charge in [0.15, 0.2) is 6.29 Å². The maximum Gasteiger partial charge on any atom is 0.397 e. The summed E-state index contributed by atoms with van der Waals surface area (Å²) >= 11 is 0. The van der Waals surface area contributed by atoms with E-state index in [9.17, 15) is 43.3 Å². The van der Waals surface area contributed by atoms with Gasteiger partial charge in [-0.3, -0.25) is 9.35 Å². The molecule has 14 heteroatoms. The number of hydrogen-bond acceptors (Lipinski definition) is 11. The molecule has 1 aliphatic rings. The molecule has 1 heterocycles. The fourth-order valence-electron chi connectivity index (χ4n) is 8.64. The van der Waals surface area contributed by atoms with Crippen LogP contribution in [0.5, 0.6) is 0 Å². The fraction of sp³-hybridized carbons (Fsp3) is 0.980. The van der Waals surface area contributed by atoms with Gasteiger partial charge in [0.1, 0.15) is 30.5 Å². The molecule has 1 fully saturated rings. The van der Waals surface area contributed by atoms with Crippen molar-refractivity contribution >= 4 is 16.3 Å². The predicted octanol–water partition coefficient (Wildman–Crippen LogP) is 9.92.